The van der Waals surface area contributed by atoms with Gasteiger partial charge in [0.15, 0.2) is 0 Å². The molecule has 0 bridgehead atoms. The average molecular weight is 515 g/mol. The molecule has 0 fully saturated rings. The van der Waals surface area contributed by atoms with Crippen LogP contribution in [0.2, 0.25) is 0 Å². The van der Waals surface area contributed by atoms with E-state index >= 15 is 0 Å². The molecule has 5 rings (SSSR count). The highest BCUT2D eigenvalue weighted by atomic mass is 19.1. The molecular weight excluding hydrogens is 490 g/mol. The number of benzene rings is 4. The quantitative estimate of drug-likeness (QED) is 0.337. The van der Waals surface area contributed by atoms with Crippen molar-refractivity contribution in [3.63, 3.8) is 0 Å². The van der Waals surface area contributed by atoms with E-state index in [1.807, 2.05) is 0 Å². The Balaban J connectivity index is 1.68. The van der Waals surface area contributed by atoms with Crippen LogP contribution in [0.4, 0.5) is 20.2 Å². The van der Waals surface area contributed by atoms with Crippen LogP contribution in [0.5, 0.6) is 11.5 Å². The van der Waals surface area contributed by atoms with Gasteiger partial charge in [-0.2, -0.15) is 0 Å². The lowest BCUT2D eigenvalue weighted by atomic mass is 9.78. The first kappa shape index (κ1) is 25.0. The number of amides is 2. The minimum absolute atomic E-state index is 0.157. The zero-order chi connectivity index (χ0) is 26.8. The van der Waals surface area contributed by atoms with Crippen LogP contribution in [0, 0.1) is 11.6 Å². The Labute approximate surface area is 218 Å². The maximum Gasteiger partial charge on any atom is 0.259 e. The summed E-state index contributed by atoms with van der Waals surface area (Å²) < 4.78 is 38.6. The fraction of sp³-hybridized carbons (Fsp3) is 0.133. The van der Waals surface area contributed by atoms with Crippen LogP contribution in [-0.4, -0.2) is 26.0 Å². The molecule has 0 radical (unpaired) electrons. The molecule has 0 spiro atoms. The monoisotopic (exact) mass is 514 g/mol. The maximum atomic E-state index is 14.5. The van der Waals surface area contributed by atoms with E-state index in [0.29, 0.717) is 39.9 Å². The standard InChI is InChI=1S/C30H24F2N2O4/c1-37-21-12-7-18(8-13-21)28-27(29(35)33-26-16-9-19(31)17-25(26)32)23-5-3-4-6-24(23)30(36)34(28)20-10-14-22(38-2)15-11-20/h3-17,27-28H,1-2H3,(H,33,35)/t27-,28-/m0/s1. The number of rotatable bonds is 6. The number of fused-ring (bicyclic) bond motifs is 1. The number of halogens is 2. The van der Waals surface area contributed by atoms with E-state index in [1.165, 1.54) is 6.07 Å². The third-order valence-corrected chi connectivity index (χ3v) is 6.62. The van der Waals surface area contributed by atoms with Gasteiger partial charge in [0.25, 0.3) is 5.91 Å². The van der Waals surface area contributed by atoms with Crippen molar-refractivity contribution in [2.45, 2.75) is 12.0 Å². The number of carbonyl (C=O) groups excluding carboxylic acids is 2. The Hall–Kier alpha value is -4.72. The van der Waals surface area contributed by atoms with Crippen molar-refractivity contribution in [3.8, 4) is 11.5 Å². The Morgan fingerprint density at radius 1 is 0.842 bits per heavy atom. The molecule has 1 aliphatic heterocycles. The summed E-state index contributed by atoms with van der Waals surface area (Å²) in [5.74, 6) is -2.19. The molecule has 6 nitrogen and oxygen atoms in total. The SMILES string of the molecule is COc1ccc([C@H]2[C@@H](C(=O)Nc3ccc(F)cc3F)c3ccccc3C(=O)N2c2ccc(OC)cc2)cc1. The highest BCUT2D eigenvalue weighted by molar-refractivity contribution is 6.12. The summed E-state index contributed by atoms with van der Waals surface area (Å²) in [7, 11) is 3.10. The summed E-state index contributed by atoms with van der Waals surface area (Å²) in [5.41, 5.74) is 1.92. The van der Waals surface area contributed by atoms with E-state index in [-0.39, 0.29) is 11.6 Å². The first-order chi connectivity index (χ1) is 18.4. The molecule has 1 aliphatic rings. The summed E-state index contributed by atoms with van der Waals surface area (Å²) in [6.45, 7) is 0. The first-order valence-electron chi connectivity index (χ1n) is 11.9. The van der Waals surface area contributed by atoms with E-state index < -0.39 is 29.5 Å². The molecule has 4 aromatic carbocycles. The highest BCUT2D eigenvalue weighted by Gasteiger charge is 2.45. The number of anilines is 2. The molecule has 0 saturated carbocycles. The van der Waals surface area contributed by atoms with Gasteiger partial charge in [-0.25, -0.2) is 8.78 Å². The third kappa shape index (κ3) is 4.56. The smallest absolute Gasteiger partial charge is 0.259 e. The molecule has 192 valence electrons. The van der Waals surface area contributed by atoms with Crippen LogP contribution >= 0.6 is 0 Å². The maximum absolute atomic E-state index is 14.5. The van der Waals surface area contributed by atoms with Gasteiger partial charge in [-0.15, -0.1) is 0 Å². The molecule has 1 heterocycles. The molecule has 1 N–H and O–H groups in total. The van der Waals surface area contributed by atoms with Gasteiger partial charge in [-0.3, -0.25) is 14.5 Å². The molecule has 0 aliphatic carbocycles. The van der Waals surface area contributed by atoms with Gasteiger partial charge in [0.05, 0.1) is 31.9 Å². The zero-order valence-electron chi connectivity index (χ0n) is 20.7. The number of nitrogens with zero attached hydrogens (tertiary/aromatic N) is 1. The van der Waals surface area contributed by atoms with Gasteiger partial charge in [-0.05, 0) is 65.7 Å². The van der Waals surface area contributed by atoms with Crippen LogP contribution in [0.15, 0.2) is 91.0 Å². The number of hydrogen-bond donors (Lipinski definition) is 1. The number of methoxy groups -OCH3 is 2. The van der Waals surface area contributed by atoms with E-state index in [1.54, 1.807) is 91.9 Å². The number of carbonyl (C=O) groups is 2. The Kier molecular flexibility index (Phi) is 6.79. The predicted molar refractivity (Wildman–Crippen MR) is 140 cm³/mol. The first-order valence-corrected chi connectivity index (χ1v) is 11.9. The van der Waals surface area contributed by atoms with Crippen LogP contribution < -0.4 is 19.7 Å². The van der Waals surface area contributed by atoms with Gasteiger partial charge < -0.3 is 14.8 Å². The predicted octanol–water partition coefficient (Wildman–Crippen LogP) is 6.11. The molecule has 0 unspecified atom stereocenters. The van der Waals surface area contributed by atoms with Crippen molar-refractivity contribution < 1.29 is 27.8 Å². The minimum Gasteiger partial charge on any atom is -0.497 e. The third-order valence-electron chi connectivity index (χ3n) is 6.62. The Morgan fingerprint density at radius 2 is 1.47 bits per heavy atom. The summed E-state index contributed by atoms with van der Waals surface area (Å²) in [6.07, 6.45) is 0. The zero-order valence-corrected chi connectivity index (χ0v) is 20.7. The summed E-state index contributed by atoms with van der Waals surface area (Å²) in [5, 5.41) is 2.61. The summed E-state index contributed by atoms with van der Waals surface area (Å²) >= 11 is 0. The summed E-state index contributed by atoms with van der Waals surface area (Å²) in [6, 6.07) is 23.1. The number of hydrogen-bond acceptors (Lipinski definition) is 4. The largest absolute Gasteiger partial charge is 0.497 e. The van der Waals surface area contributed by atoms with Crippen LogP contribution in [-0.2, 0) is 4.79 Å². The van der Waals surface area contributed by atoms with Crippen LogP contribution in [0.25, 0.3) is 0 Å². The van der Waals surface area contributed by atoms with Crippen LogP contribution in [0.1, 0.15) is 33.4 Å². The highest BCUT2D eigenvalue weighted by Crippen LogP contribution is 2.46. The average Bonchev–Trinajstić information content (AvgIpc) is 2.94. The van der Waals surface area contributed by atoms with Crippen molar-refractivity contribution >= 4 is 23.2 Å². The van der Waals surface area contributed by atoms with E-state index in [2.05, 4.69) is 5.32 Å². The lowest BCUT2D eigenvalue weighted by Crippen LogP contribution is -2.46. The second-order valence-electron chi connectivity index (χ2n) is 8.77. The van der Waals surface area contributed by atoms with Gasteiger partial charge >= 0.3 is 0 Å². The van der Waals surface area contributed by atoms with Gasteiger partial charge in [-0.1, -0.05) is 30.3 Å². The van der Waals surface area contributed by atoms with Crippen molar-refractivity contribution in [2.75, 3.05) is 24.4 Å². The van der Waals surface area contributed by atoms with Crippen molar-refractivity contribution in [2.24, 2.45) is 0 Å². The molecule has 2 atom stereocenters. The molecule has 0 aromatic heterocycles. The summed E-state index contributed by atoms with van der Waals surface area (Å²) in [4.78, 5) is 29.4. The van der Waals surface area contributed by atoms with Gasteiger partial charge in [0.1, 0.15) is 23.1 Å². The van der Waals surface area contributed by atoms with Crippen molar-refractivity contribution in [1.82, 2.24) is 0 Å². The fourth-order valence-corrected chi connectivity index (χ4v) is 4.79. The van der Waals surface area contributed by atoms with E-state index in [9.17, 15) is 18.4 Å². The van der Waals surface area contributed by atoms with Crippen molar-refractivity contribution in [1.29, 1.82) is 0 Å². The Morgan fingerprint density at radius 3 is 2.11 bits per heavy atom. The van der Waals surface area contributed by atoms with E-state index in [0.717, 1.165) is 6.07 Å². The second-order valence-corrected chi connectivity index (χ2v) is 8.77. The van der Waals surface area contributed by atoms with Crippen LogP contribution in [0.3, 0.4) is 0 Å². The molecule has 8 heteroatoms. The van der Waals surface area contributed by atoms with Crippen molar-refractivity contribution in [3.05, 3.63) is 119 Å². The number of nitrogens with one attached hydrogen (secondary N) is 1. The lowest BCUT2D eigenvalue weighted by molar-refractivity contribution is -0.118. The molecular formula is C30H24F2N2O4. The minimum atomic E-state index is -0.927. The van der Waals surface area contributed by atoms with Gasteiger partial charge in [0, 0.05) is 17.3 Å². The molecule has 38 heavy (non-hydrogen) atoms. The molecule has 0 saturated heterocycles. The molecule has 2 amide bonds. The Bertz CT molecular complexity index is 1490. The fourth-order valence-electron chi connectivity index (χ4n) is 4.79. The normalized spacial score (nSPS) is 16.5. The lowest BCUT2D eigenvalue weighted by Gasteiger charge is -2.42. The second kappa shape index (κ2) is 10.3. The molecule has 4 aromatic rings. The van der Waals surface area contributed by atoms with E-state index in [4.69, 9.17) is 9.47 Å². The van der Waals surface area contributed by atoms with Gasteiger partial charge in [0.2, 0.25) is 5.91 Å². The number of ether oxygens (including phenoxy) is 2. The topological polar surface area (TPSA) is 67.9 Å².